The molecule has 0 saturated carbocycles. The molecule has 0 atom stereocenters. The van der Waals surface area contributed by atoms with Gasteiger partial charge in [-0.25, -0.2) is 4.98 Å². The topological polar surface area (TPSA) is 60.2 Å². The van der Waals surface area contributed by atoms with E-state index in [1.165, 1.54) is 0 Å². The van der Waals surface area contributed by atoms with Crippen molar-refractivity contribution in [3.8, 4) is 0 Å². The van der Waals surface area contributed by atoms with Gasteiger partial charge in [-0.3, -0.25) is 0 Å². The molecule has 0 bridgehead atoms. The van der Waals surface area contributed by atoms with Crippen LogP contribution in [0.2, 0.25) is 0 Å². The Morgan fingerprint density at radius 3 is 2.76 bits per heavy atom. The number of nitrogens with one attached hydrogen (secondary N) is 1. The van der Waals surface area contributed by atoms with Crippen molar-refractivity contribution in [2.24, 2.45) is 5.41 Å². The second-order valence-electron chi connectivity index (χ2n) is 5.19. The van der Waals surface area contributed by atoms with Crippen LogP contribution in [0.3, 0.4) is 0 Å². The summed E-state index contributed by atoms with van der Waals surface area (Å²) in [6, 6.07) is 1.97. The normalized spacial score (nSPS) is 11.5. The lowest BCUT2D eigenvalue weighted by atomic mass is 9.90. The van der Waals surface area contributed by atoms with Gasteiger partial charge in [-0.2, -0.15) is 0 Å². The van der Waals surface area contributed by atoms with Gasteiger partial charge in [0.05, 0.1) is 11.9 Å². The maximum Gasteiger partial charge on any atom is 0.126 e. The van der Waals surface area contributed by atoms with Crippen LogP contribution in [0.4, 0.5) is 11.5 Å². The van der Waals surface area contributed by atoms with E-state index in [1.54, 1.807) is 13.3 Å². The standard InChI is InChI=1S/C13H23N3O/c1-10-7-12(15-8-11(10)14)16-9-13(2,3)5-6-17-4/h7-8H,5-6,9,14H2,1-4H3,(H,15,16). The van der Waals surface area contributed by atoms with E-state index in [9.17, 15) is 0 Å². The van der Waals surface area contributed by atoms with Gasteiger partial charge in [0.15, 0.2) is 0 Å². The van der Waals surface area contributed by atoms with Crippen molar-refractivity contribution in [1.82, 2.24) is 4.98 Å². The van der Waals surface area contributed by atoms with Gasteiger partial charge in [0.25, 0.3) is 0 Å². The molecule has 1 heterocycles. The Balaban J connectivity index is 2.51. The highest BCUT2D eigenvalue weighted by Crippen LogP contribution is 2.21. The van der Waals surface area contributed by atoms with Gasteiger partial charge >= 0.3 is 0 Å². The lowest BCUT2D eigenvalue weighted by Gasteiger charge is -2.25. The average molecular weight is 237 g/mol. The molecule has 0 aliphatic rings. The first kappa shape index (κ1) is 13.8. The first-order chi connectivity index (χ1) is 7.94. The number of methoxy groups -OCH3 is 1. The van der Waals surface area contributed by atoms with Crippen molar-refractivity contribution in [3.63, 3.8) is 0 Å². The number of hydrogen-bond acceptors (Lipinski definition) is 4. The first-order valence-electron chi connectivity index (χ1n) is 5.89. The Morgan fingerprint density at radius 2 is 2.18 bits per heavy atom. The lowest BCUT2D eigenvalue weighted by Crippen LogP contribution is -2.25. The number of nitrogen functional groups attached to an aromatic ring is 1. The Kier molecular flexibility index (Phi) is 4.75. The third-order valence-corrected chi connectivity index (χ3v) is 2.88. The molecule has 1 rings (SSSR count). The van der Waals surface area contributed by atoms with E-state index in [4.69, 9.17) is 10.5 Å². The fourth-order valence-electron chi connectivity index (χ4n) is 1.46. The first-order valence-corrected chi connectivity index (χ1v) is 5.89. The van der Waals surface area contributed by atoms with Crippen LogP contribution in [0, 0.1) is 12.3 Å². The number of aromatic nitrogens is 1. The highest BCUT2D eigenvalue weighted by molar-refractivity contribution is 5.50. The zero-order valence-corrected chi connectivity index (χ0v) is 11.2. The number of anilines is 2. The lowest BCUT2D eigenvalue weighted by molar-refractivity contribution is 0.157. The summed E-state index contributed by atoms with van der Waals surface area (Å²) < 4.78 is 5.10. The Hall–Kier alpha value is -1.29. The van der Waals surface area contributed by atoms with Crippen LogP contribution in [0.1, 0.15) is 25.8 Å². The number of rotatable bonds is 6. The van der Waals surface area contributed by atoms with E-state index in [1.807, 2.05) is 13.0 Å². The molecule has 0 unspecified atom stereocenters. The fraction of sp³-hybridized carbons (Fsp3) is 0.615. The van der Waals surface area contributed by atoms with Gasteiger partial charge in [-0.05, 0) is 30.4 Å². The van der Waals surface area contributed by atoms with Gasteiger partial charge in [0.2, 0.25) is 0 Å². The summed E-state index contributed by atoms with van der Waals surface area (Å²) in [7, 11) is 1.73. The minimum Gasteiger partial charge on any atom is -0.397 e. The van der Waals surface area contributed by atoms with Crippen molar-refractivity contribution in [3.05, 3.63) is 17.8 Å². The summed E-state index contributed by atoms with van der Waals surface area (Å²) in [5, 5.41) is 3.34. The number of ether oxygens (including phenoxy) is 1. The van der Waals surface area contributed by atoms with E-state index in [-0.39, 0.29) is 5.41 Å². The Labute approximate surface area is 104 Å². The molecule has 3 N–H and O–H groups in total. The predicted octanol–water partition coefficient (Wildman–Crippen LogP) is 2.45. The van der Waals surface area contributed by atoms with E-state index in [0.29, 0.717) is 0 Å². The molecule has 4 heteroatoms. The van der Waals surface area contributed by atoms with Crippen molar-refractivity contribution < 1.29 is 4.74 Å². The Bertz CT molecular complexity index is 364. The summed E-state index contributed by atoms with van der Waals surface area (Å²) in [5.41, 5.74) is 7.70. The van der Waals surface area contributed by atoms with Crippen LogP contribution in [-0.4, -0.2) is 25.2 Å². The molecule has 96 valence electrons. The number of nitrogens with two attached hydrogens (primary N) is 1. The number of nitrogens with zero attached hydrogens (tertiary/aromatic N) is 1. The average Bonchev–Trinajstić information content (AvgIpc) is 2.28. The van der Waals surface area contributed by atoms with Crippen LogP contribution in [0.15, 0.2) is 12.3 Å². The molecule has 0 saturated heterocycles. The van der Waals surface area contributed by atoms with Gasteiger partial charge in [0.1, 0.15) is 5.82 Å². The molecule has 0 amide bonds. The van der Waals surface area contributed by atoms with E-state index >= 15 is 0 Å². The molecule has 0 spiro atoms. The fourth-order valence-corrected chi connectivity index (χ4v) is 1.46. The second kappa shape index (κ2) is 5.87. The highest BCUT2D eigenvalue weighted by atomic mass is 16.5. The number of aryl methyl sites for hydroxylation is 1. The summed E-state index contributed by atoms with van der Waals surface area (Å²) in [6.07, 6.45) is 2.71. The summed E-state index contributed by atoms with van der Waals surface area (Å²) in [6.45, 7) is 8.06. The van der Waals surface area contributed by atoms with Crippen LogP contribution < -0.4 is 11.1 Å². The monoisotopic (exact) mass is 237 g/mol. The molecule has 0 radical (unpaired) electrons. The van der Waals surface area contributed by atoms with E-state index in [0.717, 1.165) is 36.6 Å². The molecular formula is C13H23N3O. The largest absolute Gasteiger partial charge is 0.397 e. The van der Waals surface area contributed by atoms with Crippen molar-refractivity contribution in [2.45, 2.75) is 27.2 Å². The van der Waals surface area contributed by atoms with E-state index < -0.39 is 0 Å². The molecule has 0 fully saturated rings. The van der Waals surface area contributed by atoms with Gasteiger partial charge in [0, 0.05) is 20.3 Å². The van der Waals surface area contributed by atoms with Crippen LogP contribution in [0.25, 0.3) is 0 Å². The molecule has 4 nitrogen and oxygen atoms in total. The maximum absolute atomic E-state index is 5.73. The number of pyridine rings is 1. The third kappa shape index (κ3) is 4.61. The number of hydrogen-bond donors (Lipinski definition) is 2. The van der Waals surface area contributed by atoms with Crippen molar-refractivity contribution in [2.75, 3.05) is 31.3 Å². The zero-order chi connectivity index (χ0) is 12.9. The van der Waals surface area contributed by atoms with Crippen LogP contribution >= 0.6 is 0 Å². The summed E-state index contributed by atoms with van der Waals surface area (Å²) in [5.74, 6) is 0.877. The SMILES string of the molecule is COCCC(C)(C)CNc1cc(C)c(N)cn1. The molecular weight excluding hydrogens is 214 g/mol. The minimum atomic E-state index is 0.187. The van der Waals surface area contributed by atoms with Crippen molar-refractivity contribution >= 4 is 11.5 Å². The quantitative estimate of drug-likeness (QED) is 0.798. The highest BCUT2D eigenvalue weighted by Gasteiger charge is 2.17. The predicted molar refractivity (Wildman–Crippen MR) is 72.2 cm³/mol. The second-order valence-corrected chi connectivity index (χ2v) is 5.19. The minimum absolute atomic E-state index is 0.187. The van der Waals surface area contributed by atoms with Gasteiger partial charge in [-0.1, -0.05) is 13.8 Å². The summed E-state index contributed by atoms with van der Waals surface area (Å²) in [4.78, 5) is 4.26. The molecule has 0 aliphatic carbocycles. The molecule has 1 aromatic rings. The summed E-state index contributed by atoms with van der Waals surface area (Å²) >= 11 is 0. The maximum atomic E-state index is 5.73. The molecule has 0 aliphatic heterocycles. The van der Waals surface area contributed by atoms with Gasteiger partial charge in [-0.15, -0.1) is 0 Å². The Morgan fingerprint density at radius 1 is 1.47 bits per heavy atom. The zero-order valence-electron chi connectivity index (χ0n) is 11.2. The molecule has 0 aromatic carbocycles. The third-order valence-electron chi connectivity index (χ3n) is 2.88. The van der Waals surface area contributed by atoms with Crippen LogP contribution in [-0.2, 0) is 4.74 Å². The molecule has 17 heavy (non-hydrogen) atoms. The smallest absolute Gasteiger partial charge is 0.126 e. The van der Waals surface area contributed by atoms with Gasteiger partial charge < -0.3 is 15.8 Å². The van der Waals surface area contributed by atoms with Crippen LogP contribution in [0.5, 0.6) is 0 Å². The van der Waals surface area contributed by atoms with Crippen molar-refractivity contribution in [1.29, 1.82) is 0 Å². The van der Waals surface area contributed by atoms with E-state index in [2.05, 4.69) is 24.1 Å². The molecule has 1 aromatic heterocycles.